The molecule has 162 valence electrons. The first-order valence-corrected chi connectivity index (χ1v) is 10.3. The molecule has 0 aliphatic carbocycles. The van der Waals surface area contributed by atoms with Crippen LogP contribution in [-0.4, -0.2) is 45.7 Å². The number of halogens is 1. The van der Waals surface area contributed by atoms with Crippen molar-refractivity contribution in [2.24, 2.45) is 0 Å². The molecular weight excluding hydrogens is 480 g/mol. The van der Waals surface area contributed by atoms with Crippen LogP contribution >= 0.6 is 7.82 Å². The number of rotatable bonds is 7. The van der Waals surface area contributed by atoms with Gasteiger partial charge in [-0.25, -0.2) is 14.2 Å². The predicted molar refractivity (Wildman–Crippen MR) is 100 cm³/mol. The zero-order chi connectivity index (χ0) is 22.0. The minimum atomic E-state index is -5.19. The summed E-state index contributed by atoms with van der Waals surface area (Å²) in [6.45, 7) is -0.699. The van der Waals surface area contributed by atoms with Gasteiger partial charge < -0.3 is 28.9 Å². The number of H-pyrrole nitrogens is 1. The van der Waals surface area contributed by atoms with Gasteiger partial charge in [-0.3, -0.25) is 4.90 Å². The molecule has 1 saturated heterocycles. The second-order valence-corrected chi connectivity index (χ2v) is 7.59. The molecule has 1 aromatic carbocycles. The third-order valence-corrected chi connectivity index (χ3v) is 4.77. The molecule has 1 amide bonds. The van der Waals surface area contributed by atoms with Crippen LogP contribution in [0.3, 0.4) is 0 Å². The van der Waals surface area contributed by atoms with E-state index in [-0.39, 0.29) is 76.9 Å². The van der Waals surface area contributed by atoms with Crippen molar-refractivity contribution in [3.8, 4) is 11.1 Å². The number of ether oxygens (including phenoxy) is 1. The molecule has 0 bridgehead atoms. The number of hydrogen-bond donors (Lipinski definition) is 2. The molecular formula is C17H14FN6Na2O6P. The molecule has 3 aromatic rings. The molecule has 0 unspecified atom stereocenters. The Kier molecular flexibility index (Phi) is 10.0. The molecule has 0 saturated carbocycles. The summed E-state index contributed by atoms with van der Waals surface area (Å²) in [5.41, 5.74) is 0.973. The molecule has 2 N–H and O–H groups in total. The number of phosphoric ester groups is 1. The third-order valence-electron chi connectivity index (χ3n) is 4.30. The van der Waals surface area contributed by atoms with Gasteiger partial charge in [0.25, 0.3) is 0 Å². The van der Waals surface area contributed by atoms with Crippen LogP contribution in [-0.2, 0) is 13.8 Å². The molecule has 2 aromatic heterocycles. The van der Waals surface area contributed by atoms with E-state index in [4.69, 9.17) is 4.74 Å². The summed E-state index contributed by atoms with van der Waals surface area (Å²) < 4.78 is 34.4. The summed E-state index contributed by atoms with van der Waals surface area (Å²) in [6.07, 6.45) is 1.17. The van der Waals surface area contributed by atoms with E-state index in [1.807, 2.05) is 0 Å². The number of carbonyl (C=O) groups is 1. The van der Waals surface area contributed by atoms with Crippen molar-refractivity contribution in [1.29, 1.82) is 0 Å². The van der Waals surface area contributed by atoms with Crippen LogP contribution in [0.15, 0.2) is 42.7 Å². The largest absolute Gasteiger partial charge is 1.00 e. The number of benzene rings is 1. The summed E-state index contributed by atoms with van der Waals surface area (Å²) in [7, 11) is -5.19. The maximum atomic E-state index is 14.7. The van der Waals surface area contributed by atoms with Gasteiger partial charge in [0.1, 0.15) is 17.7 Å². The molecule has 0 radical (unpaired) electrons. The molecule has 1 atom stereocenters. The Morgan fingerprint density at radius 2 is 2.03 bits per heavy atom. The first-order chi connectivity index (χ1) is 14.8. The smallest absolute Gasteiger partial charge is 0.790 e. The molecule has 0 spiro atoms. The number of nitrogens with zero attached hydrogens (tertiary/aromatic N) is 4. The van der Waals surface area contributed by atoms with Crippen molar-refractivity contribution >= 4 is 31.2 Å². The maximum absolute atomic E-state index is 14.7. The van der Waals surface area contributed by atoms with Gasteiger partial charge in [0, 0.05) is 17.3 Å². The van der Waals surface area contributed by atoms with Gasteiger partial charge in [-0.05, 0) is 30.3 Å². The van der Waals surface area contributed by atoms with Gasteiger partial charge >= 0.3 is 65.2 Å². The van der Waals surface area contributed by atoms with Crippen molar-refractivity contribution in [2.45, 2.75) is 6.10 Å². The molecule has 3 heterocycles. The molecule has 1 aliphatic heterocycles. The maximum Gasteiger partial charge on any atom is 1.00 e. The van der Waals surface area contributed by atoms with Crippen LogP contribution in [0.1, 0.15) is 0 Å². The fourth-order valence-electron chi connectivity index (χ4n) is 2.92. The Morgan fingerprint density at radius 3 is 2.64 bits per heavy atom. The second kappa shape index (κ2) is 11.8. The normalized spacial score (nSPS) is 15.4. The van der Waals surface area contributed by atoms with E-state index < -0.39 is 32.4 Å². The van der Waals surface area contributed by atoms with E-state index in [1.54, 1.807) is 12.1 Å². The Labute approximate surface area is 231 Å². The predicted octanol–water partition coefficient (Wildman–Crippen LogP) is -5.07. The van der Waals surface area contributed by atoms with Gasteiger partial charge in [0.15, 0.2) is 5.82 Å². The Balaban J connectivity index is 0.00000193. The average molecular weight is 494 g/mol. The summed E-state index contributed by atoms with van der Waals surface area (Å²) in [5.74, 6) is 0.362. The molecule has 1 aliphatic rings. The van der Waals surface area contributed by atoms with Crippen molar-refractivity contribution in [1.82, 2.24) is 20.4 Å². The number of aromatic nitrogens is 4. The van der Waals surface area contributed by atoms with Gasteiger partial charge in [0.2, 0.25) is 0 Å². The van der Waals surface area contributed by atoms with Gasteiger partial charge in [-0.15, -0.1) is 5.10 Å². The van der Waals surface area contributed by atoms with Crippen molar-refractivity contribution < 1.29 is 91.9 Å². The Bertz CT molecular complexity index is 1130. The molecule has 1 fully saturated rings. The van der Waals surface area contributed by atoms with Crippen LogP contribution in [0.2, 0.25) is 0 Å². The number of pyridine rings is 1. The van der Waals surface area contributed by atoms with Gasteiger partial charge in [0.05, 0.1) is 32.9 Å². The Morgan fingerprint density at radius 1 is 1.24 bits per heavy atom. The summed E-state index contributed by atoms with van der Waals surface area (Å²) in [5, 5.41) is 12.9. The van der Waals surface area contributed by atoms with Gasteiger partial charge in [-0.1, -0.05) is 0 Å². The minimum Gasteiger partial charge on any atom is -0.790 e. The number of phosphoric acid groups is 1. The van der Waals surface area contributed by atoms with Crippen molar-refractivity contribution in [3.63, 3.8) is 0 Å². The number of amides is 1. The second-order valence-electron chi connectivity index (χ2n) is 6.44. The standard InChI is InChI=1S/C17H16FN6O6P.2Na/c18-14-5-11(24-8-12(30-17(24)25)9-29-31(26,27)28)2-3-13(14)10-1-4-15(19-6-10)21-16-7-20-23-22-16;;/h1-7,12H,8-9H2,(H2,26,27,28)(H2,19,20,21,22,23);;/q;2*+1/p-2/t12-;;/m1../s1. The van der Waals surface area contributed by atoms with Crippen molar-refractivity contribution in [3.05, 3.63) is 48.5 Å². The first-order valence-electron chi connectivity index (χ1n) is 8.82. The minimum absolute atomic E-state index is 0. The van der Waals surface area contributed by atoms with Crippen LogP contribution in [0.5, 0.6) is 0 Å². The zero-order valence-electron chi connectivity index (χ0n) is 17.6. The van der Waals surface area contributed by atoms with E-state index in [0.717, 1.165) is 11.0 Å². The van der Waals surface area contributed by atoms with Gasteiger partial charge in [-0.2, -0.15) is 10.3 Å². The van der Waals surface area contributed by atoms with E-state index in [9.17, 15) is 23.5 Å². The Hall–Kier alpha value is -1.38. The number of carbonyl (C=O) groups excluding carboxylic acids is 1. The third kappa shape index (κ3) is 7.30. The van der Waals surface area contributed by atoms with E-state index >= 15 is 0 Å². The average Bonchev–Trinajstić information content (AvgIpc) is 3.36. The van der Waals surface area contributed by atoms with Crippen molar-refractivity contribution in [2.75, 3.05) is 23.4 Å². The monoisotopic (exact) mass is 494 g/mol. The summed E-state index contributed by atoms with van der Waals surface area (Å²) in [4.78, 5) is 38.5. The number of anilines is 3. The molecule has 12 nitrogen and oxygen atoms in total. The number of hydrogen-bond acceptors (Lipinski definition) is 10. The molecule has 33 heavy (non-hydrogen) atoms. The molecule has 16 heteroatoms. The van der Waals surface area contributed by atoms with Crippen LogP contribution in [0.25, 0.3) is 11.1 Å². The van der Waals surface area contributed by atoms with E-state index in [1.165, 1.54) is 24.5 Å². The first kappa shape index (κ1) is 27.9. The fraction of sp³-hybridized carbons (Fsp3) is 0.176. The fourth-order valence-corrected chi connectivity index (χ4v) is 3.27. The van der Waals surface area contributed by atoms with Crippen LogP contribution in [0, 0.1) is 5.82 Å². The van der Waals surface area contributed by atoms with Crippen LogP contribution in [0.4, 0.5) is 26.5 Å². The van der Waals surface area contributed by atoms with E-state index in [2.05, 4.69) is 30.2 Å². The number of cyclic esters (lactones) is 1. The number of aromatic amines is 1. The zero-order valence-corrected chi connectivity index (χ0v) is 22.5. The molecule has 4 rings (SSSR count). The van der Waals surface area contributed by atoms with Crippen LogP contribution < -0.4 is 79.1 Å². The summed E-state index contributed by atoms with van der Waals surface area (Å²) >= 11 is 0. The van der Waals surface area contributed by atoms with E-state index in [0.29, 0.717) is 17.2 Å². The number of nitrogens with one attached hydrogen (secondary N) is 2. The SMILES string of the molecule is O=C1O[C@@H](COP(=O)([O-])[O-])CN1c1ccc(-c2ccc(Nc3cn[nH]n3)nc2)c(F)c1.[Na+].[Na+]. The quantitative estimate of drug-likeness (QED) is 0.240. The topological polar surface area (TPSA) is 168 Å². The summed E-state index contributed by atoms with van der Waals surface area (Å²) in [6, 6.07) is 7.44.